The Bertz CT molecular complexity index is 1080. The Kier molecular flexibility index (Phi) is 4.21. The number of aromatic nitrogens is 3. The van der Waals surface area contributed by atoms with Crippen molar-refractivity contribution in [3.8, 4) is 22.8 Å². The largest absolute Gasteiger partial charge is 0.244 e. The van der Waals surface area contributed by atoms with Crippen LogP contribution < -0.4 is 0 Å². The first-order valence-electron chi connectivity index (χ1n) is 8.92. The van der Waals surface area contributed by atoms with Crippen LogP contribution in [0.3, 0.4) is 0 Å². The van der Waals surface area contributed by atoms with Crippen molar-refractivity contribution in [1.82, 2.24) is 15.0 Å². The van der Waals surface area contributed by atoms with E-state index in [-0.39, 0.29) is 0 Å². The minimum Gasteiger partial charge on any atom is -0.244 e. The average molecular weight is 339 g/mol. The zero-order chi connectivity index (χ0) is 18.1. The molecular formula is C23H21N3. The predicted molar refractivity (Wildman–Crippen MR) is 107 cm³/mol. The Morgan fingerprint density at radius 2 is 1.58 bits per heavy atom. The lowest BCUT2D eigenvalue weighted by atomic mass is 9.93. The third-order valence-corrected chi connectivity index (χ3v) is 4.65. The highest BCUT2D eigenvalue weighted by molar-refractivity contribution is 5.79. The second-order valence-electron chi connectivity index (χ2n) is 6.86. The van der Waals surface area contributed by atoms with E-state index in [1.54, 1.807) is 0 Å². The predicted octanol–water partition coefficient (Wildman–Crippen LogP) is 5.79. The summed E-state index contributed by atoms with van der Waals surface area (Å²) < 4.78 is 0. The van der Waals surface area contributed by atoms with Crippen LogP contribution in [0.2, 0.25) is 0 Å². The molecule has 0 radical (unpaired) electrons. The van der Waals surface area contributed by atoms with Crippen LogP contribution in [0.5, 0.6) is 0 Å². The van der Waals surface area contributed by atoms with Crippen LogP contribution in [0.15, 0.2) is 66.9 Å². The van der Waals surface area contributed by atoms with E-state index in [1.165, 1.54) is 11.1 Å². The van der Waals surface area contributed by atoms with Gasteiger partial charge in [-0.25, -0.2) is 15.0 Å². The zero-order valence-corrected chi connectivity index (χ0v) is 15.3. The van der Waals surface area contributed by atoms with Gasteiger partial charge >= 0.3 is 0 Å². The van der Waals surface area contributed by atoms with Gasteiger partial charge < -0.3 is 0 Å². The summed E-state index contributed by atoms with van der Waals surface area (Å²) in [5.74, 6) is 1.10. The Morgan fingerprint density at radius 3 is 2.42 bits per heavy atom. The highest BCUT2D eigenvalue weighted by Crippen LogP contribution is 2.31. The number of para-hydroxylation sites is 1. The molecule has 3 nitrogen and oxygen atoms in total. The normalized spacial score (nSPS) is 11.2. The van der Waals surface area contributed by atoms with Gasteiger partial charge in [-0.1, -0.05) is 62.4 Å². The highest BCUT2D eigenvalue weighted by atomic mass is 14.9. The van der Waals surface area contributed by atoms with Crippen molar-refractivity contribution in [3.05, 3.63) is 78.0 Å². The third kappa shape index (κ3) is 2.97. The van der Waals surface area contributed by atoms with E-state index in [0.717, 1.165) is 27.9 Å². The minimum absolute atomic E-state index is 0.438. The number of pyridine rings is 1. The van der Waals surface area contributed by atoms with Crippen molar-refractivity contribution in [2.75, 3.05) is 0 Å². The van der Waals surface area contributed by atoms with Gasteiger partial charge in [-0.3, -0.25) is 0 Å². The molecule has 0 unspecified atom stereocenters. The molecule has 4 rings (SSSR count). The lowest BCUT2D eigenvalue weighted by Crippen LogP contribution is -1.99. The van der Waals surface area contributed by atoms with E-state index < -0.39 is 0 Å². The van der Waals surface area contributed by atoms with E-state index in [1.807, 2.05) is 36.5 Å². The van der Waals surface area contributed by atoms with Gasteiger partial charge in [-0.05, 0) is 36.1 Å². The molecule has 0 atom stereocenters. The number of aryl methyl sites for hydroxylation is 1. The molecule has 0 bridgehead atoms. The Morgan fingerprint density at radius 1 is 0.808 bits per heavy atom. The highest BCUT2D eigenvalue weighted by Gasteiger charge is 2.14. The lowest BCUT2D eigenvalue weighted by Gasteiger charge is -2.14. The summed E-state index contributed by atoms with van der Waals surface area (Å²) in [4.78, 5) is 14.2. The quantitative estimate of drug-likeness (QED) is 0.474. The number of nitrogens with zero attached hydrogens (tertiary/aromatic N) is 3. The fourth-order valence-electron chi connectivity index (χ4n) is 3.24. The van der Waals surface area contributed by atoms with Crippen molar-refractivity contribution >= 4 is 10.9 Å². The molecule has 0 amide bonds. The first-order chi connectivity index (χ1) is 12.6. The monoisotopic (exact) mass is 339 g/mol. The number of fused-ring (bicyclic) bond motifs is 1. The summed E-state index contributed by atoms with van der Waals surface area (Å²) >= 11 is 0. The smallest absolute Gasteiger partial charge is 0.178 e. The van der Waals surface area contributed by atoms with E-state index in [0.29, 0.717) is 11.7 Å². The molecule has 0 N–H and O–H groups in total. The topological polar surface area (TPSA) is 38.7 Å². The van der Waals surface area contributed by atoms with Gasteiger partial charge in [0.1, 0.15) is 5.69 Å². The lowest BCUT2D eigenvalue weighted by molar-refractivity contribution is 0.867. The minimum atomic E-state index is 0.438. The molecule has 128 valence electrons. The SMILES string of the molecule is Cc1ccc(-c2ncc3ccccc3n2)nc1-c1ccccc1C(C)C. The van der Waals surface area contributed by atoms with Gasteiger partial charge in [-0.15, -0.1) is 0 Å². The van der Waals surface area contributed by atoms with Gasteiger partial charge in [-0.2, -0.15) is 0 Å². The van der Waals surface area contributed by atoms with Crippen molar-refractivity contribution in [2.45, 2.75) is 26.7 Å². The first-order valence-corrected chi connectivity index (χ1v) is 8.92. The summed E-state index contributed by atoms with van der Waals surface area (Å²) in [5, 5.41) is 1.04. The Hall–Kier alpha value is -3.07. The van der Waals surface area contributed by atoms with E-state index in [4.69, 9.17) is 9.97 Å². The summed E-state index contributed by atoms with van der Waals surface area (Å²) in [7, 11) is 0. The molecule has 0 fully saturated rings. The van der Waals surface area contributed by atoms with Gasteiger partial charge in [0.2, 0.25) is 0 Å². The fourth-order valence-corrected chi connectivity index (χ4v) is 3.24. The molecule has 0 spiro atoms. The molecule has 0 aliphatic heterocycles. The van der Waals surface area contributed by atoms with Crippen LogP contribution in [0, 0.1) is 6.92 Å². The van der Waals surface area contributed by atoms with E-state index >= 15 is 0 Å². The average Bonchev–Trinajstić information content (AvgIpc) is 2.68. The van der Waals surface area contributed by atoms with Crippen LogP contribution in [-0.4, -0.2) is 15.0 Å². The number of hydrogen-bond donors (Lipinski definition) is 0. The van der Waals surface area contributed by atoms with Crippen LogP contribution in [0.1, 0.15) is 30.9 Å². The molecule has 2 aromatic carbocycles. The molecule has 2 heterocycles. The molecule has 0 aliphatic rings. The molecule has 0 saturated heterocycles. The Labute approximate surface area is 153 Å². The van der Waals surface area contributed by atoms with Crippen LogP contribution in [0.4, 0.5) is 0 Å². The molecule has 0 aliphatic carbocycles. The van der Waals surface area contributed by atoms with Crippen LogP contribution in [-0.2, 0) is 0 Å². The second kappa shape index (κ2) is 6.68. The van der Waals surface area contributed by atoms with Gasteiger partial charge in [0.15, 0.2) is 5.82 Å². The standard InChI is InChI=1S/C23H21N3/c1-15(2)18-9-5-6-10-19(18)22-16(3)12-13-21(25-22)23-24-14-17-8-4-7-11-20(17)26-23/h4-15H,1-3H3. The van der Waals surface area contributed by atoms with E-state index in [9.17, 15) is 0 Å². The molecule has 26 heavy (non-hydrogen) atoms. The summed E-state index contributed by atoms with van der Waals surface area (Å²) in [5.41, 5.74) is 6.38. The third-order valence-electron chi connectivity index (χ3n) is 4.65. The molecule has 4 aromatic rings. The first kappa shape index (κ1) is 16.4. The fraction of sp³-hybridized carbons (Fsp3) is 0.174. The van der Waals surface area contributed by atoms with Crippen LogP contribution >= 0.6 is 0 Å². The summed E-state index contributed by atoms with van der Waals surface area (Å²) in [6.45, 7) is 6.53. The van der Waals surface area contributed by atoms with Gasteiger partial charge in [0.05, 0.1) is 11.2 Å². The maximum absolute atomic E-state index is 4.94. The van der Waals surface area contributed by atoms with Gasteiger partial charge in [0.25, 0.3) is 0 Å². The Balaban J connectivity index is 1.86. The van der Waals surface area contributed by atoms with Crippen LogP contribution in [0.25, 0.3) is 33.7 Å². The summed E-state index contributed by atoms with van der Waals surface area (Å²) in [6, 6.07) is 20.6. The summed E-state index contributed by atoms with van der Waals surface area (Å²) in [6.07, 6.45) is 1.86. The maximum Gasteiger partial charge on any atom is 0.178 e. The molecule has 2 aromatic heterocycles. The second-order valence-corrected chi connectivity index (χ2v) is 6.86. The number of rotatable bonds is 3. The number of benzene rings is 2. The zero-order valence-electron chi connectivity index (χ0n) is 15.3. The van der Waals surface area contributed by atoms with Crippen molar-refractivity contribution in [2.24, 2.45) is 0 Å². The number of hydrogen-bond acceptors (Lipinski definition) is 3. The van der Waals surface area contributed by atoms with Crippen molar-refractivity contribution in [1.29, 1.82) is 0 Å². The molecule has 0 saturated carbocycles. The van der Waals surface area contributed by atoms with E-state index in [2.05, 4.69) is 56.1 Å². The van der Waals surface area contributed by atoms with Crippen molar-refractivity contribution < 1.29 is 0 Å². The molecular weight excluding hydrogens is 318 g/mol. The molecule has 3 heteroatoms. The maximum atomic E-state index is 4.94. The van der Waals surface area contributed by atoms with Gasteiger partial charge in [0, 0.05) is 17.1 Å². The van der Waals surface area contributed by atoms with Crippen molar-refractivity contribution in [3.63, 3.8) is 0 Å².